The minimum atomic E-state index is 1.20. The molecular weight excluding hydrogens is 893 g/mol. The van der Waals surface area contributed by atoms with Crippen molar-refractivity contribution in [3.8, 4) is 67.0 Å². The first-order valence-corrected chi connectivity index (χ1v) is 25.8. The Morgan fingerprint density at radius 3 is 1.49 bits per heavy atom. The lowest BCUT2D eigenvalue weighted by molar-refractivity contribution is 1.20. The number of hydrogen-bond acceptors (Lipinski definition) is 0. The summed E-state index contributed by atoms with van der Waals surface area (Å²) in [6.45, 7) is 0. The molecule has 2 heteroatoms. The highest BCUT2D eigenvalue weighted by atomic mass is 15.0. The van der Waals surface area contributed by atoms with Gasteiger partial charge in [-0.25, -0.2) is 0 Å². The van der Waals surface area contributed by atoms with Crippen LogP contribution in [0.1, 0.15) is 0 Å². The zero-order valence-electron chi connectivity index (χ0n) is 40.0. The van der Waals surface area contributed by atoms with Gasteiger partial charge < -0.3 is 9.13 Å². The quantitative estimate of drug-likeness (QED) is 0.156. The van der Waals surface area contributed by atoms with Gasteiger partial charge in [0.05, 0.1) is 33.4 Å². The van der Waals surface area contributed by atoms with Crippen LogP contribution in [-0.4, -0.2) is 9.13 Å². The van der Waals surface area contributed by atoms with Crippen molar-refractivity contribution in [1.29, 1.82) is 0 Å². The lowest BCUT2D eigenvalue weighted by Gasteiger charge is -2.16. The Bertz CT molecular complexity index is 5250. The first kappa shape index (κ1) is 38.9. The summed E-state index contributed by atoms with van der Waals surface area (Å²) in [4.78, 5) is 0. The van der Waals surface area contributed by atoms with Crippen LogP contribution in [0.2, 0.25) is 0 Å². The van der Waals surface area contributed by atoms with Crippen LogP contribution in [0.25, 0.3) is 175 Å². The molecule has 16 aromatic rings. The second-order valence-corrected chi connectivity index (χ2v) is 20.6. The molecular formula is C72H40N2. The van der Waals surface area contributed by atoms with Crippen LogP contribution >= 0.6 is 0 Å². The lowest BCUT2D eigenvalue weighted by atomic mass is 9.95. The molecule has 338 valence electrons. The van der Waals surface area contributed by atoms with Crippen LogP contribution in [0.4, 0.5) is 0 Å². The molecule has 2 aliphatic rings. The molecule has 0 atom stereocenters. The van der Waals surface area contributed by atoms with Gasteiger partial charge in [-0.05, 0) is 141 Å². The summed E-state index contributed by atoms with van der Waals surface area (Å²) in [6, 6.07) is 91.7. The van der Waals surface area contributed by atoms with E-state index in [0.717, 1.165) is 0 Å². The molecule has 0 saturated heterocycles. The first-order valence-electron chi connectivity index (χ1n) is 25.8. The van der Waals surface area contributed by atoms with Crippen molar-refractivity contribution in [3.05, 3.63) is 243 Å². The average Bonchev–Trinajstić information content (AvgIpc) is 4.19. The van der Waals surface area contributed by atoms with Gasteiger partial charge in [0.1, 0.15) is 0 Å². The number of fused-ring (bicyclic) bond motifs is 20. The highest BCUT2D eigenvalue weighted by Gasteiger charge is 2.30. The van der Waals surface area contributed by atoms with Crippen molar-refractivity contribution in [1.82, 2.24) is 9.13 Å². The van der Waals surface area contributed by atoms with E-state index >= 15 is 0 Å². The van der Waals surface area contributed by atoms with E-state index in [1.807, 2.05) is 0 Å². The summed E-state index contributed by atoms with van der Waals surface area (Å²) in [5, 5.41) is 20.4. The Kier molecular flexibility index (Phi) is 7.37. The fourth-order valence-electron chi connectivity index (χ4n) is 14.1. The molecule has 0 amide bonds. The highest BCUT2D eigenvalue weighted by molar-refractivity contribution is 6.29. The van der Waals surface area contributed by atoms with Crippen LogP contribution in [-0.2, 0) is 0 Å². The third-order valence-electron chi connectivity index (χ3n) is 17.1. The molecule has 74 heavy (non-hydrogen) atoms. The number of benzene rings is 14. The van der Waals surface area contributed by atoms with Crippen molar-refractivity contribution in [2.75, 3.05) is 0 Å². The van der Waals surface area contributed by atoms with Crippen LogP contribution in [0.5, 0.6) is 0 Å². The Morgan fingerprint density at radius 2 is 0.757 bits per heavy atom. The van der Waals surface area contributed by atoms with E-state index < -0.39 is 0 Å². The third-order valence-corrected chi connectivity index (χ3v) is 17.1. The summed E-state index contributed by atoms with van der Waals surface area (Å²) < 4.78 is 5.14. The predicted octanol–water partition coefficient (Wildman–Crippen LogP) is 19.8. The Morgan fingerprint density at radius 1 is 0.216 bits per heavy atom. The molecule has 18 rings (SSSR count). The molecule has 0 saturated carbocycles. The highest BCUT2D eigenvalue weighted by Crippen LogP contribution is 2.56. The van der Waals surface area contributed by atoms with Crippen LogP contribution in [0, 0.1) is 0 Å². The maximum Gasteiger partial charge on any atom is 0.0626 e. The van der Waals surface area contributed by atoms with Gasteiger partial charge in [-0.1, -0.05) is 200 Å². The number of hydrogen-bond donors (Lipinski definition) is 0. The molecule has 0 aliphatic heterocycles. The zero-order chi connectivity index (χ0) is 47.9. The maximum atomic E-state index is 2.62. The molecule has 0 unspecified atom stereocenters. The molecule has 14 aromatic carbocycles. The number of aromatic nitrogens is 2. The standard InChI is InChI=1S/C72H40N2/c1-3-19-47-43(14-1)39-64(51-23-7-5-21-49(47)51)73-62-29-10-9-25-58(62)71-63(73)35-34-56-61-37-46(36-45-18-13-27-59(68(45)61)69(56)71)42-30-31-53-57-33-32-55-54-26-11-16-41-17-12-28-60(67(41)54)70(55)72(57)74(65(53)38-42)66-40-44-15-2-4-20-48(44)50-22-6-8-24-52(50)66/h1-40H. The SMILES string of the molecule is c1cc2c3c(cc(-c4ccc5c6ccc7c(c6n(-c6cc8ccccc8c8ccccc68)c5c4)-c4cccc5cccc-7c45)cc3c1)-c1ccc3c(c1-2)c1ccccc1n3-c1cc2ccccc2c2ccccc12. The van der Waals surface area contributed by atoms with Crippen molar-refractivity contribution in [3.63, 3.8) is 0 Å². The van der Waals surface area contributed by atoms with Crippen molar-refractivity contribution in [2.24, 2.45) is 0 Å². The average molecular weight is 933 g/mol. The summed E-state index contributed by atoms with van der Waals surface area (Å²) >= 11 is 0. The van der Waals surface area contributed by atoms with Gasteiger partial charge in [-0.2, -0.15) is 0 Å². The van der Waals surface area contributed by atoms with Crippen molar-refractivity contribution >= 4 is 108 Å². The fraction of sp³-hybridized carbons (Fsp3) is 0. The topological polar surface area (TPSA) is 9.86 Å². The minimum absolute atomic E-state index is 1.20. The van der Waals surface area contributed by atoms with Gasteiger partial charge in [-0.15, -0.1) is 0 Å². The fourth-order valence-corrected chi connectivity index (χ4v) is 14.1. The lowest BCUT2D eigenvalue weighted by Crippen LogP contribution is -1.98. The maximum absolute atomic E-state index is 2.62. The minimum Gasteiger partial charge on any atom is -0.309 e. The van der Waals surface area contributed by atoms with Crippen molar-refractivity contribution < 1.29 is 0 Å². The van der Waals surface area contributed by atoms with Gasteiger partial charge in [0.2, 0.25) is 0 Å². The van der Waals surface area contributed by atoms with Gasteiger partial charge in [0.25, 0.3) is 0 Å². The van der Waals surface area contributed by atoms with E-state index in [1.165, 1.54) is 175 Å². The molecule has 2 nitrogen and oxygen atoms in total. The molecule has 0 spiro atoms. The summed E-state index contributed by atoms with van der Waals surface area (Å²) in [5.41, 5.74) is 20.2. The molecule has 2 heterocycles. The van der Waals surface area contributed by atoms with Crippen LogP contribution in [0.3, 0.4) is 0 Å². The third kappa shape index (κ3) is 4.90. The monoisotopic (exact) mass is 932 g/mol. The normalized spacial score (nSPS) is 12.6. The zero-order valence-corrected chi connectivity index (χ0v) is 40.0. The van der Waals surface area contributed by atoms with E-state index in [2.05, 4.69) is 252 Å². The van der Waals surface area contributed by atoms with E-state index in [0.29, 0.717) is 0 Å². The number of rotatable bonds is 3. The van der Waals surface area contributed by atoms with Crippen LogP contribution in [0.15, 0.2) is 243 Å². The molecule has 0 fully saturated rings. The van der Waals surface area contributed by atoms with E-state index in [4.69, 9.17) is 0 Å². The Hall–Kier alpha value is -9.76. The van der Waals surface area contributed by atoms with Gasteiger partial charge in [0, 0.05) is 43.4 Å². The van der Waals surface area contributed by atoms with Crippen LogP contribution < -0.4 is 0 Å². The van der Waals surface area contributed by atoms with Crippen molar-refractivity contribution in [2.45, 2.75) is 0 Å². The molecule has 0 bridgehead atoms. The van der Waals surface area contributed by atoms with E-state index in [1.54, 1.807) is 0 Å². The Labute approximate surface area is 424 Å². The number of para-hydroxylation sites is 1. The summed E-state index contributed by atoms with van der Waals surface area (Å²) in [7, 11) is 0. The van der Waals surface area contributed by atoms with Gasteiger partial charge in [0.15, 0.2) is 0 Å². The Balaban J connectivity index is 0.896. The largest absolute Gasteiger partial charge is 0.309 e. The summed E-state index contributed by atoms with van der Waals surface area (Å²) in [5.74, 6) is 0. The molecule has 0 radical (unpaired) electrons. The summed E-state index contributed by atoms with van der Waals surface area (Å²) in [6.07, 6.45) is 0. The number of nitrogens with zero attached hydrogens (tertiary/aromatic N) is 2. The molecule has 2 aromatic heterocycles. The molecule has 2 aliphatic carbocycles. The second-order valence-electron chi connectivity index (χ2n) is 20.6. The van der Waals surface area contributed by atoms with E-state index in [9.17, 15) is 0 Å². The smallest absolute Gasteiger partial charge is 0.0626 e. The van der Waals surface area contributed by atoms with Gasteiger partial charge in [-0.3, -0.25) is 0 Å². The van der Waals surface area contributed by atoms with E-state index in [-0.39, 0.29) is 0 Å². The molecule has 0 N–H and O–H groups in total. The van der Waals surface area contributed by atoms with Gasteiger partial charge >= 0.3 is 0 Å². The predicted molar refractivity (Wildman–Crippen MR) is 314 cm³/mol. The first-order chi connectivity index (χ1) is 36.7. The second kappa shape index (κ2) is 14.0.